The Hall–Kier alpha value is -1.81. The van der Waals surface area contributed by atoms with E-state index in [1.807, 2.05) is 61.5 Å². The van der Waals surface area contributed by atoms with Gasteiger partial charge in [-0.05, 0) is 36.8 Å². The normalized spacial score (nSPS) is 13.3. The summed E-state index contributed by atoms with van der Waals surface area (Å²) in [7, 11) is 1.39. The Labute approximate surface area is 127 Å². The molecular formula is C16H16BrNO2. The highest BCUT2D eigenvalue weighted by atomic mass is 79.9. The first-order valence-electron chi connectivity index (χ1n) is 6.24. The number of benzene rings is 2. The lowest BCUT2D eigenvalue weighted by Crippen LogP contribution is -2.41. The van der Waals surface area contributed by atoms with Crippen LogP contribution in [0.3, 0.4) is 0 Å². The van der Waals surface area contributed by atoms with Gasteiger partial charge in [-0.2, -0.15) is 0 Å². The number of anilines is 1. The van der Waals surface area contributed by atoms with Crippen molar-refractivity contribution in [1.29, 1.82) is 0 Å². The minimum absolute atomic E-state index is 0.330. The van der Waals surface area contributed by atoms with Gasteiger partial charge in [0.1, 0.15) is 0 Å². The third kappa shape index (κ3) is 3.02. The molecular weight excluding hydrogens is 318 g/mol. The Bertz CT molecular complexity index is 583. The quantitative estimate of drug-likeness (QED) is 0.861. The molecule has 1 atom stereocenters. The van der Waals surface area contributed by atoms with E-state index in [-0.39, 0.29) is 5.97 Å². The van der Waals surface area contributed by atoms with Crippen LogP contribution >= 0.6 is 15.9 Å². The van der Waals surface area contributed by atoms with Crippen LogP contribution in [0.5, 0.6) is 0 Å². The minimum Gasteiger partial charge on any atom is -0.467 e. The molecule has 3 nitrogen and oxygen atoms in total. The second kappa shape index (κ2) is 6.09. The second-order valence-corrected chi connectivity index (χ2v) is 5.53. The molecule has 2 aromatic rings. The Kier molecular flexibility index (Phi) is 4.45. The third-order valence-electron chi connectivity index (χ3n) is 3.18. The summed E-state index contributed by atoms with van der Waals surface area (Å²) in [6.45, 7) is 1.81. The number of ether oxygens (including phenoxy) is 1. The van der Waals surface area contributed by atoms with Crippen LogP contribution in [0.15, 0.2) is 59.1 Å². The lowest BCUT2D eigenvalue weighted by atomic mass is 9.91. The molecule has 2 rings (SSSR count). The molecule has 0 heterocycles. The average molecular weight is 334 g/mol. The van der Waals surface area contributed by atoms with Crippen LogP contribution in [0.1, 0.15) is 12.5 Å². The molecule has 20 heavy (non-hydrogen) atoms. The molecule has 1 unspecified atom stereocenters. The monoisotopic (exact) mass is 333 g/mol. The van der Waals surface area contributed by atoms with E-state index < -0.39 is 5.54 Å². The highest BCUT2D eigenvalue weighted by molar-refractivity contribution is 9.10. The number of carbonyl (C=O) groups excluding carboxylic acids is 1. The van der Waals surface area contributed by atoms with Crippen molar-refractivity contribution < 1.29 is 9.53 Å². The van der Waals surface area contributed by atoms with E-state index in [4.69, 9.17) is 4.74 Å². The molecule has 1 N–H and O–H groups in total. The lowest BCUT2D eigenvalue weighted by Gasteiger charge is -2.29. The van der Waals surface area contributed by atoms with Crippen molar-refractivity contribution in [2.45, 2.75) is 12.5 Å². The van der Waals surface area contributed by atoms with Gasteiger partial charge in [-0.1, -0.05) is 46.3 Å². The zero-order valence-corrected chi connectivity index (χ0v) is 13.0. The second-order valence-electron chi connectivity index (χ2n) is 4.61. The molecule has 0 amide bonds. The summed E-state index contributed by atoms with van der Waals surface area (Å²) in [6.07, 6.45) is 0. The zero-order valence-electron chi connectivity index (χ0n) is 11.4. The van der Waals surface area contributed by atoms with Gasteiger partial charge < -0.3 is 10.1 Å². The van der Waals surface area contributed by atoms with Gasteiger partial charge in [-0.3, -0.25) is 0 Å². The number of carbonyl (C=O) groups is 1. The molecule has 2 aromatic carbocycles. The number of esters is 1. The van der Waals surface area contributed by atoms with Crippen LogP contribution in [0.4, 0.5) is 5.69 Å². The van der Waals surface area contributed by atoms with Gasteiger partial charge >= 0.3 is 5.97 Å². The van der Waals surface area contributed by atoms with E-state index >= 15 is 0 Å². The fourth-order valence-corrected chi connectivity index (χ4v) is 2.30. The number of halogens is 1. The molecule has 0 bridgehead atoms. The number of para-hydroxylation sites is 1. The van der Waals surface area contributed by atoms with Crippen molar-refractivity contribution in [2.75, 3.05) is 12.4 Å². The zero-order chi connectivity index (χ0) is 14.6. The standard InChI is InChI=1S/C16H16BrNO2/c1-16(15(19)20-2,12-8-10-13(17)11-9-12)18-14-6-4-3-5-7-14/h3-11,18H,1-2H3. The molecule has 0 aromatic heterocycles. The van der Waals surface area contributed by atoms with Gasteiger partial charge in [-0.15, -0.1) is 0 Å². The van der Waals surface area contributed by atoms with E-state index in [0.717, 1.165) is 15.7 Å². The highest BCUT2D eigenvalue weighted by Gasteiger charge is 2.36. The Morgan fingerprint density at radius 1 is 1.10 bits per heavy atom. The van der Waals surface area contributed by atoms with E-state index in [2.05, 4.69) is 21.2 Å². The van der Waals surface area contributed by atoms with E-state index in [0.29, 0.717) is 0 Å². The van der Waals surface area contributed by atoms with Gasteiger partial charge in [0.25, 0.3) is 0 Å². The molecule has 4 heteroatoms. The first-order chi connectivity index (χ1) is 9.56. The van der Waals surface area contributed by atoms with Crippen molar-refractivity contribution >= 4 is 27.6 Å². The van der Waals surface area contributed by atoms with Crippen LogP contribution in [0.25, 0.3) is 0 Å². The molecule has 0 aliphatic rings. The summed E-state index contributed by atoms with van der Waals surface area (Å²) in [5, 5.41) is 3.25. The van der Waals surface area contributed by atoms with Gasteiger partial charge in [0, 0.05) is 10.2 Å². The largest absolute Gasteiger partial charge is 0.467 e. The van der Waals surface area contributed by atoms with Crippen molar-refractivity contribution in [2.24, 2.45) is 0 Å². The van der Waals surface area contributed by atoms with Crippen LogP contribution in [0.2, 0.25) is 0 Å². The highest BCUT2D eigenvalue weighted by Crippen LogP contribution is 2.28. The summed E-state index contributed by atoms with van der Waals surface area (Å²) >= 11 is 3.40. The van der Waals surface area contributed by atoms with Crippen LogP contribution in [0, 0.1) is 0 Å². The summed E-state index contributed by atoms with van der Waals surface area (Å²) in [6, 6.07) is 17.2. The predicted molar refractivity (Wildman–Crippen MR) is 83.6 cm³/mol. The maximum absolute atomic E-state index is 12.2. The molecule has 0 fully saturated rings. The first-order valence-corrected chi connectivity index (χ1v) is 7.03. The van der Waals surface area contributed by atoms with Crippen LogP contribution in [-0.4, -0.2) is 13.1 Å². The van der Waals surface area contributed by atoms with Crippen molar-refractivity contribution in [3.63, 3.8) is 0 Å². The SMILES string of the molecule is COC(=O)C(C)(Nc1ccccc1)c1ccc(Br)cc1. The summed E-state index contributed by atoms with van der Waals surface area (Å²) in [5.74, 6) is -0.330. The van der Waals surface area contributed by atoms with Gasteiger partial charge in [0.2, 0.25) is 0 Å². The number of nitrogens with one attached hydrogen (secondary N) is 1. The molecule has 0 aliphatic heterocycles. The van der Waals surface area contributed by atoms with Crippen molar-refractivity contribution in [1.82, 2.24) is 0 Å². The molecule has 104 valence electrons. The number of methoxy groups -OCH3 is 1. The van der Waals surface area contributed by atoms with Gasteiger partial charge in [0.15, 0.2) is 5.54 Å². The predicted octanol–water partition coefficient (Wildman–Crippen LogP) is 3.95. The topological polar surface area (TPSA) is 38.3 Å². The first kappa shape index (κ1) is 14.6. The van der Waals surface area contributed by atoms with Crippen LogP contribution in [-0.2, 0) is 15.1 Å². The third-order valence-corrected chi connectivity index (χ3v) is 3.71. The van der Waals surface area contributed by atoms with Crippen molar-refractivity contribution in [3.8, 4) is 0 Å². The van der Waals surface area contributed by atoms with Crippen LogP contribution < -0.4 is 5.32 Å². The van der Waals surface area contributed by atoms with E-state index in [1.54, 1.807) is 0 Å². The van der Waals surface area contributed by atoms with Gasteiger partial charge in [0.05, 0.1) is 7.11 Å². The smallest absolute Gasteiger partial charge is 0.335 e. The number of rotatable bonds is 4. The maximum Gasteiger partial charge on any atom is 0.335 e. The van der Waals surface area contributed by atoms with E-state index in [9.17, 15) is 4.79 Å². The minimum atomic E-state index is -0.934. The Morgan fingerprint density at radius 2 is 1.70 bits per heavy atom. The maximum atomic E-state index is 12.2. The molecule has 0 saturated carbocycles. The fourth-order valence-electron chi connectivity index (χ4n) is 2.04. The average Bonchev–Trinajstić information content (AvgIpc) is 2.48. The lowest BCUT2D eigenvalue weighted by molar-refractivity contribution is -0.145. The number of hydrogen-bond donors (Lipinski definition) is 1. The van der Waals surface area contributed by atoms with Crippen molar-refractivity contribution in [3.05, 3.63) is 64.6 Å². The Balaban J connectivity index is 2.40. The summed E-state index contributed by atoms with van der Waals surface area (Å²) in [4.78, 5) is 12.2. The fraction of sp³-hybridized carbons (Fsp3) is 0.188. The summed E-state index contributed by atoms with van der Waals surface area (Å²) in [5.41, 5.74) is 0.774. The molecule has 0 radical (unpaired) electrons. The molecule has 0 spiro atoms. The number of hydrogen-bond acceptors (Lipinski definition) is 3. The molecule has 0 saturated heterocycles. The van der Waals surface area contributed by atoms with Gasteiger partial charge in [-0.25, -0.2) is 4.79 Å². The Morgan fingerprint density at radius 3 is 2.25 bits per heavy atom. The molecule has 0 aliphatic carbocycles. The summed E-state index contributed by atoms with van der Waals surface area (Å²) < 4.78 is 5.92. The van der Waals surface area contributed by atoms with E-state index in [1.165, 1.54) is 7.11 Å².